The molecule has 1 unspecified atom stereocenters. The molecule has 0 fully saturated rings. The van der Waals surface area contributed by atoms with Crippen LogP contribution in [0.25, 0.3) is 0 Å². The third-order valence-corrected chi connectivity index (χ3v) is 4.29. The van der Waals surface area contributed by atoms with E-state index in [-0.39, 0.29) is 0 Å². The molecule has 1 atom stereocenters. The first-order valence-corrected chi connectivity index (χ1v) is 9.53. The summed E-state index contributed by atoms with van der Waals surface area (Å²) in [5.41, 5.74) is 0. The van der Waals surface area contributed by atoms with Crippen molar-refractivity contribution in [2.45, 2.75) is 97.9 Å². The van der Waals surface area contributed by atoms with E-state index in [2.05, 4.69) is 13.8 Å². The maximum Gasteiger partial charge on any atom is 0.285 e. The van der Waals surface area contributed by atoms with E-state index in [0.29, 0.717) is 19.1 Å². The van der Waals surface area contributed by atoms with Gasteiger partial charge in [-0.1, -0.05) is 65.2 Å². The van der Waals surface area contributed by atoms with Crippen LogP contribution in [0.5, 0.6) is 0 Å². The normalized spacial score (nSPS) is 13.5. The molecule has 0 radical (unpaired) electrons. The van der Waals surface area contributed by atoms with Gasteiger partial charge in [-0.15, -0.1) is 0 Å². The lowest BCUT2D eigenvalue weighted by Gasteiger charge is -2.38. The van der Waals surface area contributed by atoms with Crippen LogP contribution < -0.4 is 0 Å². The summed E-state index contributed by atoms with van der Waals surface area (Å²) < 4.78 is 17.6. The summed E-state index contributed by atoms with van der Waals surface area (Å²) >= 11 is 0. The molecule has 0 aliphatic rings. The highest BCUT2D eigenvalue weighted by Gasteiger charge is 2.40. The van der Waals surface area contributed by atoms with Crippen LogP contribution in [-0.4, -0.2) is 26.3 Å². The fraction of sp³-hybridized carbons (Fsp3) is 1.00. The highest BCUT2D eigenvalue weighted by molar-refractivity contribution is 4.72. The second kappa shape index (κ2) is 14.5. The summed E-state index contributed by atoms with van der Waals surface area (Å²) in [6, 6.07) is 0. The lowest BCUT2D eigenvalue weighted by atomic mass is 9.92. The summed E-state index contributed by atoms with van der Waals surface area (Å²) in [4.78, 5) is 0. The third-order valence-electron chi connectivity index (χ3n) is 4.29. The molecule has 134 valence electrons. The van der Waals surface area contributed by atoms with Gasteiger partial charge in [0, 0.05) is 26.2 Å². The molecule has 0 aromatic rings. The van der Waals surface area contributed by atoms with Crippen LogP contribution in [0, 0.1) is 5.92 Å². The molecule has 22 heavy (non-hydrogen) atoms. The van der Waals surface area contributed by atoms with Crippen LogP contribution in [0.2, 0.25) is 0 Å². The maximum atomic E-state index is 5.93. The Balaban J connectivity index is 4.53. The predicted octanol–water partition coefficient (Wildman–Crippen LogP) is 5.92. The van der Waals surface area contributed by atoms with Crippen LogP contribution in [0.1, 0.15) is 91.9 Å². The molecule has 0 saturated carbocycles. The first-order valence-electron chi connectivity index (χ1n) is 9.53. The largest absolute Gasteiger partial charge is 0.331 e. The number of rotatable bonds is 16. The van der Waals surface area contributed by atoms with Gasteiger partial charge in [0.2, 0.25) is 0 Å². The van der Waals surface area contributed by atoms with Gasteiger partial charge in [-0.3, -0.25) is 0 Å². The van der Waals surface area contributed by atoms with E-state index in [0.717, 1.165) is 12.8 Å². The van der Waals surface area contributed by atoms with Gasteiger partial charge in [0.1, 0.15) is 0 Å². The van der Waals surface area contributed by atoms with Crippen molar-refractivity contribution in [2.24, 2.45) is 5.92 Å². The minimum Gasteiger partial charge on any atom is -0.331 e. The average Bonchev–Trinajstić information content (AvgIpc) is 2.53. The second-order valence-corrected chi connectivity index (χ2v) is 6.07. The molecule has 0 aromatic carbocycles. The van der Waals surface area contributed by atoms with Crippen LogP contribution in [0.15, 0.2) is 0 Å². The number of hydrogen-bond acceptors (Lipinski definition) is 3. The van der Waals surface area contributed by atoms with Gasteiger partial charge in [-0.2, -0.15) is 0 Å². The summed E-state index contributed by atoms with van der Waals surface area (Å²) in [6.07, 6.45) is 12.6. The minimum atomic E-state index is -0.845. The summed E-state index contributed by atoms with van der Waals surface area (Å²) in [5, 5.41) is 0. The molecule has 0 aliphatic carbocycles. The Morgan fingerprint density at radius 1 is 0.682 bits per heavy atom. The molecule has 0 bridgehead atoms. The Morgan fingerprint density at radius 3 is 1.68 bits per heavy atom. The zero-order valence-electron chi connectivity index (χ0n) is 15.8. The van der Waals surface area contributed by atoms with Crippen LogP contribution in [0.3, 0.4) is 0 Å². The van der Waals surface area contributed by atoms with Crippen molar-refractivity contribution in [3.8, 4) is 0 Å². The van der Waals surface area contributed by atoms with E-state index in [1.165, 1.54) is 51.4 Å². The second-order valence-electron chi connectivity index (χ2n) is 6.07. The standard InChI is InChI=1S/C19H40O3/c1-6-10-12-13-14-15-17-18(16-11-7-2)19(20-5,21-8-3)22-9-4/h18H,6-17H2,1-5H3. The molecule has 3 nitrogen and oxygen atoms in total. The van der Waals surface area contributed by atoms with E-state index in [9.17, 15) is 0 Å². The molecule has 0 spiro atoms. The Bertz CT molecular complexity index is 225. The van der Waals surface area contributed by atoms with Crippen molar-refractivity contribution < 1.29 is 14.2 Å². The Kier molecular flexibility index (Phi) is 14.4. The molecule has 0 N–H and O–H groups in total. The molecule has 0 heterocycles. The van der Waals surface area contributed by atoms with Crippen molar-refractivity contribution in [3.05, 3.63) is 0 Å². The number of ether oxygens (including phenoxy) is 3. The van der Waals surface area contributed by atoms with Gasteiger partial charge in [0.25, 0.3) is 5.97 Å². The first-order chi connectivity index (χ1) is 10.7. The van der Waals surface area contributed by atoms with Gasteiger partial charge in [0.05, 0.1) is 0 Å². The minimum absolute atomic E-state index is 0.323. The van der Waals surface area contributed by atoms with Crippen molar-refractivity contribution in [1.29, 1.82) is 0 Å². The first kappa shape index (κ1) is 21.9. The average molecular weight is 317 g/mol. The Morgan fingerprint density at radius 2 is 1.18 bits per heavy atom. The molecular weight excluding hydrogens is 276 g/mol. The zero-order valence-corrected chi connectivity index (χ0v) is 15.8. The smallest absolute Gasteiger partial charge is 0.285 e. The molecule has 0 saturated heterocycles. The van der Waals surface area contributed by atoms with Gasteiger partial charge in [0.15, 0.2) is 0 Å². The van der Waals surface area contributed by atoms with Crippen LogP contribution >= 0.6 is 0 Å². The number of methoxy groups -OCH3 is 1. The van der Waals surface area contributed by atoms with Crippen molar-refractivity contribution in [3.63, 3.8) is 0 Å². The highest BCUT2D eigenvalue weighted by Crippen LogP contribution is 2.33. The van der Waals surface area contributed by atoms with E-state index < -0.39 is 5.97 Å². The van der Waals surface area contributed by atoms with Gasteiger partial charge in [-0.05, 0) is 26.7 Å². The van der Waals surface area contributed by atoms with E-state index in [1.54, 1.807) is 7.11 Å². The lowest BCUT2D eigenvalue weighted by molar-refractivity contribution is -0.396. The highest BCUT2D eigenvalue weighted by atomic mass is 16.9. The topological polar surface area (TPSA) is 27.7 Å². The van der Waals surface area contributed by atoms with Crippen molar-refractivity contribution >= 4 is 0 Å². The van der Waals surface area contributed by atoms with Crippen LogP contribution in [-0.2, 0) is 14.2 Å². The van der Waals surface area contributed by atoms with Crippen molar-refractivity contribution in [2.75, 3.05) is 20.3 Å². The molecule has 0 aromatic heterocycles. The zero-order chi connectivity index (χ0) is 16.7. The molecule has 0 rings (SSSR count). The monoisotopic (exact) mass is 316 g/mol. The Labute approximate surface area is 139 Å². The molecule has 0 aliphatic heterocycles. The molecule has 0 amide bonds. The SMILES string of the molecule is CCCCCCCCC(CCCC)C(OC)(OCC)OCC. The van der Waals surface area contributed by atoms with Crippen LogP contribution in [0.4, 0.5) is 0 Å². The van der Waals surface area contributed by atoms with Gasteiger partial charge in [-0.25, -0.2) is 0 Å². The summed E-state index contributed by atoms with van der Waals surface area (Å²) in [5.74, 6) is -0.522. The van der Waals surface area contributed by atoms with Crippen molar-refractivity contribution in [1.82, 2.24) is 0 Å². The third kappa shape index (κ3) is 8.50. The molecular formula is C19H40O3. The van der Waals surface area contributed by atoms with E-state index >= 15 is 0 Å². The van der Waals surface area contributed by atoms with E-state index in [4.69, 9.17) is 14.2 Å². The van der Waals surface area contributed by atoms with Gasteiger partial charge < -0.3 is 14.2 Å². The number of unbranched alkanes of at least 4 members (excludes halogenated alkanes) is 6. The van der Waals surface area contributed by atoms with E-state index in [1.807, 2.05) is 13.8 Å². The quantitative estimate of drug-likeness (QED) is 0.261. The Hall–Kier alpha value is -0.120. The number of hydrogen-bond donors (Lipinski definition) is 0. The summed E-state index contributed by atoms with van der Waals surface area (Å²) in [7, 11) is 1.71. The van der Waals surface area contributed by atoms with Gasteiger partial charge >= 0.3 is 0 Å². The maximum absolute atomic E-state index is 5.93. The fourth-order valence-corrected chi connectivity index (χ4v) is 3.08. The summed E-state index contributed by atoms with van der Waals surface area (Å²) in [6.45, 7) is 9.75. The predicted molar refractivity (Wildman–Crippen MR) is 94.0 cm³/mol. The fourth-order valence-electron chi connectivity index (χ4n) is 3.08. The lowest BCUT2D eigenvalue weighted by Crippen LogP contribution is -2.46. The molecule has 3 heteroatoms.